The lowest BCUT2D eigenvalue weighted by atomic mass is 10.3. The molecule has 4 rings (SSSR count). The van der Waals surface area contributed by atoms with Gasteiger partial charge in [0.1, 0.15) is 12.1 Å². The average Bonchev–Trinajstić information content (AvgIpc) is 3.44. The molecule has 2 aliphatic rings. The normalized spacial score (nSPS) is 18.4. The minimum absolute atomic E-state index is 0.0471. The molecule has 0 N–H and O–H groups in total. The Morgan fingerprint density at radius 3 is 2.46 bits per heavy atom. The number of amides is 1. The highest BCUT2D eigenvalue weighted by atomic mass is 32.2. The molecule has 2 fully saturated rings. The van der Waals surface area contributed by atoms with Gasteiger partial charge in [0.2, 0.25) is 15.9 Å². The first kappa shape index (κ1) is 19.3. The molecule has 1 saturated carbocycles. The number of hydrogen-bond acceptors (Lipinski definition) is 6. The van der Waals surface area contributed by atoms with Crippen LogP contribution in [0, 0.1) is 5.82 Å². The van der Waals surface area contributed by atoms with E-state index in [2.05, 4.69) is 10.2 Å². The minimum atomic E-state index is -3.68. The molecule has 150 valence electrons. The van der Waals surface area contributed by atoms with E-state index in [1.807, 2.05) is 4.57 Å². The third-order valence-electron chi connectivity index (χ3n) is 4.85. The van der Waals surface area contributed by atoms with E-state index in [-0.39, 0.29) is 29.6 Å². The number of sulfonamides is 1. The molecule has 28 heavy (non-hydrogen) atoms. The van der Waals surface area contributed by atoms with Crippen molar-refractivity contribution in [3.8, 4) is 0 Å². The van der Waals surface area contributed by atoms with Gasteiger partial charge in [-0.25, -0.2) is 12.8 Å². The van der Waals surface area contributed by atoms with Crippen molar-refractivity contribution < 1.29 is 17.6 Å². The maximum Gasteiger partial charge on any atom is 0.243 e. The number of carbonyl (C=O) groups is 1. The minimum Gasteiger partial charge on any atom is -0.339 e. The van der Waals surface area contributed by atoms with Crippen LogP contribution >= 0.6 is 11.8 Å². The van der Waals surface area contributed by atoms with Gasteiger partial charge in [0.05, 0.1) is 10.6 Å². The van der Waals surface area contributed by atoms with Crippen molar-refractivity contribution >= 4 is 27.7 Å². The highest BCUT2D eigenvalue weighted by Crippen LogP contribution is 2.37. The van der Waals surface area contributed by atoms with Gasteiger partial charge in [-0.15, -0.1) is 10.2 Å². The summed E-state index contributed by atoms with van der Waals surface area (Å²) in [5.74, 6) is -0.283. The Hall–Kier alpha value is -1.98. The van der Waals surface area contributed by atoms with Crippen LogP contribution in [0.1, 0.15) is 18.9 Å². The molecular formula is C17H20FN5O3S2. The third kappa shape index (κ3) is 4.06. The summed E-state index contributed by atoms with van der Waals surface area (Å²) in [4.78, 5) is 14.2. The Balaban J connectivity index is 1.31. The van der Waals surface area contributed by atoms with Gasteiger partial charge in [-0.2, -0.15) is 4.31 Å². The monoisotopic (exact) mass is 425 g/mol. The van der Waals surface area contributed by atoms with Crippen LogP contribution in [-0.4, -0.2) is 70.2 Å². The summed E-state index contributed by atoms with van der Waals surface area (Å²) in [6.07, 6.45) is 3.93. The summed E-state index contributed by atoms with van der Waals surface area (Å²) < 4.78 is 41.7. The molecule has 1 amide bonds. The highest BCUT2D eigenvalue weighted by molar-refractivity contribution is 7.99. The van der Waals surface area contributed by atoms with Crippen LogP contribution in [0.2, 0.25) is 0 Å². The number of aromatic nitrogens is 3. The van der Waals surface area contributed by atoms with Crippen molar-refractivity contribution in [2.45, 2.75) is 28.9 Å². The standard InChI is InChI=1S/C17H20FN5O3S2/c18-13-1-5-15(6-2-13)28(25,26)22-9-7-21(8-10-22)16(24)11-27-17-20-19-12-23(17)14-3-4-14/h1-2,5-6,12,14H,3-4,7-11H2. The third-order valence-corrected chi connectivity index (χ3v) is 7.70. The molecule has 0 unspecified atom stereocenters. The zero-order valence-corrected chi connectivity index (χ0v) is 16.7. The second-order valence-corrected chi connectivity index (χ2v) is 9.66. The number of halogens is 1. The van der Waals surface area contributed by atoms with Gasteiger partial charge < -0.3 is 9.47 Å². The van der Waals surface area contributed by atoms with Gasteiger partial charge in [-0.3, -0.25) is 4.79 Å². The smallest absolute Gasteiger partial charge is 0.243 e. The van der Waals surface area contributed by atoms with E-state index < -0.39 is 15.8 Å². The van der Waals surface area contributed by atoms with E-state index >= 15 is 0 Å². The number of benzene rings is 1. The summed E-state index contributed by atoms with van der Waals surface area (Å²) in [6.45, 7) is 1.09. The average molecular weight is 426 g/mol. The van der Waals surface area contributed by atoms with Gasteiger partial charge in [0, 0.05) is 32.2 Å². The molecular weight excluding hydrogens is 405 g/mol. The lowest BCUT2D eigenvalue weighted by Crippen LogP contribution is -2.50. The molecule has 1 aliphatic carbocycles. The van der Waals surface area contributed by atoms with Crippen molar-refractivity contribution in [1.29, 1.82) is 0 Å². The topological polar surface area (TPSA) is 88.4 Å². The van der Waals surface area contributed by atoms with Crippen molar-refractivity contribution in [3.63, 3.8) is 0 Å². The Morgan fingerprint density at radius 2 is 1.82 bits per heavy atom. The van der Waals surface area contributed by atoms with E-state index in [0.717, 1.165) is 30.1 Å². The summed E-state index contributed by atoms with van der Waals surface area (Å²) in [6, 6.07) is 5.23. The Bertz CT molecular complexity index is 951. The fraction of sp³-hybridized carbons (Fsp3) is 0.471. The zero-order chi connectivity index (χ0) is 19.7. The van der Waals surface area contributed by atoms with Crippen LogP contribution in [0.3, 0.4) is 0 Å². The van der Waals surface area contributed by atoms with E-state index in [1.54, 1.807) is 11.2 Å². The molecule has 1 aromatic carbocycles. The Labute approximate surface area is 166 Å². The summed E-state index contributed by atoms with van der Waals surface area (Å²) in [5, 5.41) is 8.73. The molecule has 11 heteroatoms. The number of piperazine rings is 1. The quantitative estimate of drug-likeness (QED) is 0.650. The first-order valence-corrected chi connectivity index (χ1v) is 11.4. The van der Waals surface area contributed by atoms with Crippen LogP contribution < -0.4 is 0 Å². The van der Waals surface area contributed by atoms with Crippen LogP contribution in [0.5, 0.6) is 0 Å². The second kappa shape index (κ2) is 7.80. The Kier molecular flexibility index (Phi) is 5.39. The molecule has 0 bridgehead atoms. The summed E-state index contributed by atoms with van der Waals surface area (Å²) >= 11 is 1.36. The molecule has 0 spiro atoms. The lowest BCUT2D eigenvalue weighted by molar-refractivity contribution is -0.129. The molecule has 2 aromatic rings. The van der Waals surface area contributed by atoms with Crippen molar-refractivity contribution in [2.24, 2.45) is 0 Å². The lowest BCUT2D eigenvalue weighted by Gasteiger charge is -2.34. The second-order valence-electron chi connectivity index (χ2n) is 6.78. The van der Waals surface area contributed by atoms with Crippen molar-refractivity contribution in [3.05, 3.63) is 36.4 Å². The van der Waals surface area contributed by atoms with Gasteiger partial charge >= 0.3 is 0 Å². The molecule has 0 atom stereocenters. The molecule has 2 heterocycles. The number of carbonyl (C=O) groups excluding carboxylic acids is 1. The number of hydrogen-bond donors (Lipinski definition) is 0. The van der Waals surface area contributed by atoms with Crippen LogP contribution in [-0.2, 0) is 14.8 Å². The Morgan fingerprint density at radius 1 is 1.14 bits per heavy atom. The number of nitrogens with zero attached hydrogens (tertiary/aromatic N) is 5. The number of rotatable bonds is 6. The van der Waals surface area contributed by atoms with Crippen LogP contribution in [0.15, 0.2) is 40.6 Å². The van der Waals surface area contributed by atoms with Gasteiger partial charge in [0.15, 0.2) is 5.16 Å². The van der Waals surface area contributed by atoms with Crippen molar-refractivity contribution in [2.75, 3.05) is 31.9 Å². The van der Waals surface area contributed by atoms with E-state index in [4.69, 9.17) is 0 Å². The van der Waals surface area contributed by atoms with Crippen LogP contribution in [0.25, 0.3) is 0 Å². The highest BCUT2D eigenvalue weighted by Gasteiger charge is 2.31. The fourth-order valence-electron chi connectivity index (χ4n) is 3.09. The molecule has 1 aliphatic heterocycles. The first-order chi connectivity index (χ1) is 13.4. The maximum absolute atomic E-state index is 13.0. The fourth-order valence-corrected chi connectivity index (χ4v) is 5.40. The zero-order valence-electron chi connectivity index (χ0n) is 15.1. The largest absolute Gasteiger partial charge is 0.339 e. The van der Waals surface area contributed by atoms with Crippen LogP contribution in [0.4, 0.5) is 4.39 Å². The first-order valence-electron chi connectivity index (χ1n) is 9.01. The molecule has 0 radical (unpaired) electrons. The van der Waals surface area contributed by atoms with Gasteiger partial charge in [0.25, 0.3) is 0 Å². The summed E-state index contributed by atoms with van der Waals surface area (Å²) in [7, 11) is -3.68. The summed E-state index contributed by atoms with van der Waals surface area (Å²) in [5.41, 5.74) is 0. The van der Waals surface area contributed by atoms with Gasteiger partial charge in [-0.1, -0.05) is 11.8 Å². The van der Waals surface area contributed by atoms with Crippen molar-refractivity contribution in [1.82, 2.24) is 24.0 Å². The maximum atomic E-state index is 13.0. The molecule has 1 saturated heterocycles. The SMILES string of the molecule is O=C(CSc1nncn1C1CC1)N1CCN(S(=O)(=O)c2ccc(F)cc2)CC1. The predicted molar refractivity (Wildman–Crippen MR) is 101 cm³/mol. The van der Waals surface area contributed by atoms with E-state index in [0.29, 0.717) is 19.1 Å². The molecule has 8 nitrogen and oxygen atoms in total. The molecule has 1 aromatic heterocycles. The van der Waals surface area contributed by atoms with E-state index in [1.165, 1.54) is 28.2 Å². The number of thioether (sulfide) groups is 1. The van der Waals surface area contributed by atoms with Gasteiger partial charge in [-0.05, 0) is 37.1 Å². The predicted octanol–water partition coefficient (Wildman–Crippen LogP) is 1.38. The van der Waals surface area contributed by atoms with E-state index in [9.17, 15) is 17.6 Å².